The van der Waals surface area contributed by atoms with Gasteiger partial charge in [0, 0.05) is 35.7 Å². The van der Waals surface area contributed by atoms with E-state index in [9.17, 15) is 9.59 Å². The summed E-state index contributed by atoms with van der Waals surface area (Å²) >= 11 is 6.24. The molecule has 1 saturated carbocycles. The first kappa shape index (κ1) is 17.9. The smallest absolute Gasteiger partial charge is 0.228 e. The second-order valence-electron chi connectivity index (χ2n) is 7.00. The fourth-order valence-corrected chi connectivity index (χ4v) is 4.00. The predicted molar refractivity (Wildman–Crippen MR) is 106 cm³/mol. The van der Waals surface area contributed by atoms with Crippen molar-refractivity contribution in [1.82, 2.24) is 0 Å². The maximum absolute atomic E-state index is 12.6. The molecule has 2 aliphatic rings. The van der Waals surface area contributed by atoms with Crippen LogP contribution in [-0.4, -0.2) is 25.5 Å². The van der Waals surface area contributed by atoms with Crippen LogP contribution >= 0.6 is 11.6 Å². The lowest BCUT2D eigenvalue weighted by atomic mass is 10.1. The molecule has 140 valence electrons. The Morgan fingerprint density at radius 2 is 2.07 bits per heavy atom. The Kier molecular flexibility index (Phi) is 4.79. The van der Waals surface area contributed by atoms with E-state index in [-0.39, 0.29) is 23.7 Å². The molecule has 1 aliphatic heterocycles. The minimum atomic E-state index is -0.0734. The number of rotatable bonds is 5. The molecule has 1 aliphatic carbocycles. The number of benzene rings is 2. The first-order valence-electron chi connectivity index (χ1n) is 9.12. The molecule has 0 aromatic heterocycles. The number of nitrogens with zero attached hydrogens (tertiary/aromatic N) is 1. The topological polar surface area (TPSA) is 58.6 Å². The molecule has 1 saturated heterocycles. The van der Waals surface area contributed by atoms with Gasteiger partial charge in [0.1, 0.15) is 5.75 Å². The molecule has 27 heavy (non-hydrogen) atoms. The van der Waals surface area contributed by atoms with E-state index in [1.54, 1.807) is 18.1 Å². The largest absolute Gasteiger partial charge is 0.494 e. The van der Waals surface area contributed by atoms with E-state index in [0.29, 0.717) is 29.4 Å². The molecule has 0 radical (unpaired) electrons. The highest BCUT2D eigenvalue weighted by Crippen LogP contribution is 2.50. The number of hydrogen-bond acceptors (Lipinski definition) is 3. The van der Waals surface area contributed by atoms with Crippen molar-refractivity contribution in [3.8, 4) is 5.75 Å². The van der Waals surface area contributed by atoms with Gasteiger partial charge in [-0.2, -0.15) is 0 Å². The van der Waals surface area contributed by atoms with Crippen molar-refractivity contribution >= 4 is 34.8 Å². The van der Waals surface area contributed by atoms with Crippen LogP contribution in [0.1, 0.15) is 30.7 Å². The minimum absolute atomic E-state index is 0.0213. The molecular formula is C21H21ClN2O3. The summed E-state index contributed by atoms with van der Waals surface area (Å²) in [6.07, 6.45) is 2.21. The SMILES string of the molecule is COc1cc(NC(=O)[C@H]2C[C@@H]2c2ccccc2Cl)ccc1N1CCCC1=O. The number of amides is 2. The molecule has 2 fully saturated rings. The Balaban J connectivity index is 1.46. The van der Waals surface area contributed by atoms with Crippen molar-refractivity contribution in [1.29, 1.82) is 0 Å². The van der Waals surface area contributed by atoms with Gasteiger partial charge in [0.2, 0.25) is 11.8 Å². The molecule has 0 unspecified atom stereocenters. The van der Waals surface area contributed by atoms with Crippen LogP contribution < -0.4 is 15.0 Å². The fourth-order valence-electron chi connectivity index (χ4n) is 3.72. The van der Waals surface area contributed by atoms with Gasteiger partial charge in [0.25, 0.3) is 0 Å². The summed E-state index contributed by atoms with van der Waals surface area (Å²) in [4.78, 5) is 26.3. The van der Waals surface area contributed by atoms with Crippen LogP contribution in [0.5, 0.6) is 5.75 Å². The van der Waals surface area contributed by atoms with Gasteiger partial charge in [-0.15, -0.1) is 0 Å². The highest BCUT2D eigenvalue weighted by Gasteiger charge is 2.44. The molecule has 1 N–H and O–H groups in total. The molecule has 2 amide bonds. The van der Waals surface area contributed by atoms with Gasteiger partial charge in [-0.3, -0.25) is 9.59 Å². The lowest BCUT2D eigenvalue weighted by Crippen LogP contribution is -2.24. The summed E-state index contributed by atoms with van der Waals surface area (Å²) in [5.74, 6) is 0.761. The summed E-state index contributed by atoms with van der Waals surface area (Å²) in [5.41, 5.74) is 2.44. The van der Waals surface area contributed by atoms with Crippen molar-refractivity contribution in [3.05, 3.63) is 53.1 Å². The third-order valence-corrected chi connectivity index (χ3v) is 5.59. The lowest BCUT2D eigenvalue weighted by molar-refractivity contribution is -0.118. The normalized spacial score (nSPS) is 21.3. The number of anilines is 2. The predicted octanol–water partition coefficient (Wildman–Crippen LogP) is 4.22. The minimum Gasteiger partial charge on any atom is -0.494 e. The summed E-state index contributed by atoms with van der Waals surface area (Å²) < 4.78 is 5.45. The van der Waals surface area contributed by atoms with Crippen molar-refractivity contribution in [2.75, 3.05) is 23.9 Å². The fraction of sp³-hybridized carbons (Fsp3) is 0.333. The van der Waals surface area contributed by atoms with E-state index in [1.165, 1.54) is 0 Å². The van der Waals surface area contributed by atoms with Crippen LogP contribution in [0, 0.1) is 5.92 Å². The van der Waals surface area contributed by atoms with Gasteiger partial charge in [0.15, 0.2) is 0 Å². The number of methoxy groups -OCH3 is 1. The summed E-state index contributed by atoms with van der Waals surface area (Å²) in [7, 11) is 1.57. The Bertz CT molecular complexity index is 899. The van der Waals surface area contributed by atoms with Crippen molar-refractivity contribution < 1.29 is 14.3 Å². The summed E-state index contributed by atoms with van der Waals surface area (Å²) in [6.45, 7) is 0.697. The zero-order chi connectivity index (χ0) is 19.0. The molecule has 0 spiro atoms. The van der Waals surface area contributed by atoms with E-state index < -0.39 is 0 Å². The van der Waals surface area contributed by atoms with Gasteiger partial charge >= 0.3 is 0 Å². The second-order valence-corrected chi connectivity index (χ2v) is 7.40. The van der Waals surface area contributed by atoms with E-state index in [0.717, 1.165) is 24.1 Å². The second kappa shape index (κ2) is 7.24. The Labute approximate surface area is 163 Å². The number of halogens is 1. The highest BCUT2D eigenvalue weighted by molar-refractivity contribution is 6.31. The molecule has 6 heteroatoms. The Morgan fingerprint density at radius 3 is 2.78 bits per heavy atom. The van der Waals surface area contributed by atoms with E-state index in [4.69, 9.17) is 16.3 Å². The number of nitrogens with one attached hydrogen (secondary N) is 1. The Hall–Kier alpha value is -2.53. The quantitative estimate of drug-likeness (QED) is 0.839. The third kappa shape index (κ3) is 3.52. The van der Waals surface area contributed by atoms with Crippen molar-refractivity contribution in [2.24, 2.45) is 5.92 Å². The van der Waals surface area contributed by atoms with Crippen LogP contribution in [0.3, 0.4) is 0 Å². The monoisotopic (exact) mass is 384 g/mol. The highest BCUT2D eigenvalue weighted by atomic mass is 35.5. The Morgan fingerprint density at radius 1 is 1.26 bits per heavy atom. The molecule has 2 aromatic rings. The average molecular weight is 385 g/mol. The number of hydrogen-bond donors (Lipinski definition) is 1. The van der Waals surface area contributed by atoms with Gasteiger partial charge in [-0.1, -0.05) is 29.8 Å². The number of carbonyl (C=O) groups is 2. The average Bonchev–Trinajstić information content (AvgIpc) is 3.36. The van der Waals surface area contributed by atoms with Crippen molar-refractivity contribution in [3.63, 3.8) is 0 Å². The molecular weight excluding hydrogens is 364 g/mol. The first-order chi connectivity index (χ1) is 13.1. The molecule has 1 heterocycles. The van der Waals surface area contributed by atoms with E-state index in [2.05, 4.69) is 5.32 Å². The standard InChI is InChI=1S/C21H21ClN2O3/c1-27-19-11-13(8-9-18(19)24-10-4-7-20(24)25)23-21(26)16-12-15(16)14-5-2-3-6-17(14)22/h2-3,5-6,8-9,11,15-16H,4,7,10,12H2,1H3,(H,23,26)/t15-,16+/m1/s1. The van der Waals surface area contributed by atoms with Gasteiger partial charge in [-0.05, 0) is 42.5 Å². The van der Waals surface area contributed by atoms with Crippen LogP contribution in [0.15, 0.2) is 42.5 Å². The first-order valence-corrected chi connectivity index (χ1v) is 9.50. The maximum atomic E-state index is 12.6. The van der Waals surface area contributed by atoms with Crippen LogP contribution in [0.25, 0.3) is 0 Å². The van der Waals surface area contributed by atoms with Crippen LogP contribution in [-0.2, 0) is 9.59 Å². The summed E-state index contributed by atoms with van der Waals surface area (Å²) in [6, 6.07) is 13.1. The zero-order valence-corrected chi connectivity index (χ0v) is 15.8. The molecule has 2 atom stereocenters. The van der Waals surface area contributed by atoms with Gasteiger partial charge < -0.3 is 15.0 Å². The third-order valence-electron chi connectivity index (χ3n) is 5.24. The lowest BCUT2D eigenvalue weighted by Gasteiger charge is -2.19. The maximum Gasteiger partial charge on any atom is 0.228 e. The van der Waals surface area contributed by atoms with Gasteiger partial charge in [-0.25, -0.2) is 0 Å². The van der Waals surface area contributed by atoms with Crippen LogP contribution in [0.2, 0.25) is 5.02 Å². The van der Waals surface area contributed by atoms with Crippen molar-refractivity contribution in [2.45, 2.75) is 25.2 Å². The van der Waals surface area contributed by atoms with E-state index >= 15 is 0 Å². The number of ether oxygens (including phenoxy) is 1. The van der Waals surface area contributed by atoms with Gasteiger partial charge in [0.05, 0.1) is 12.8 Å². The molecule has 0 bridgehead atoms. The van der Waals surface area contributed by atoms with Crippen LogP contribution in [0.4, 0.5) is 11.4 Å². The molecule has 5 nitrogen and oxygen atoms in total. The van der Waals surface area contributed by atoms with E-state index in [1.807, 2.05) is 36.4 Å². The molecule has 4 rings (SSSR count). The summed E-state index contributed by atoms with van der Waals surface area (Å²) in [5, 5.41) is 3.67. The number of carbonyl (C=O) groups excluding carboxylic acids is 2. The molecule has 2 aromatic carbocycles. The zero-order valence-electron chi connectivity index (χ0n) is 15.1.